The lowest BCUT2D eigenvalue weighted by atomic mass is 10.3. The quantitative estimate of drug-likeness (QED) is 0.809. The van der Waals surface area contributed by atoms with Gasteiger partial charge in [-0.1, -0.05) is 19.1 Å². The van der Waals surface area contributed by atoms with E-state index in [1.54, 1.807) is 11.5 Å². The summed E-state index contributed by atoms with van der Waals surface area (Å²) in [6.45, 7) is 4.77. The number of aryl methyl sites for hydroxylation is 1. The first-order valence-corrected chi connectivity index (χ1v) is 6.77. The number of nitrogens with zero attached hydrogens (tertiary/aromatic N) is 2. The summed E-state index contributed by atoms with van der Waals surface area (Å²) >= 11 is 0. The van der Waals surface area contributed by atoms with Crippen molar-refractivity contribution in [3.63, 3.8) is 0 Å². The van der Waals surface area contributed by atoms with Gasteiger partial charge in [-0.15, -0.1) is 0 Å². The zero-order chi connectivity index (χ0) is 14.5. The Balaban J connectivity index is 2.40. The molecule has 108 valence electrons. The second-order valence-electron chi connectivity index (χ2n) is 4.47. The first kappa shape index (κ1) is 14.3. The SMILES string of the molecule is CCCn1c(=O)n(CC(=O)NOCC)c2ccccc21. The summed E-state index contributed by atoms with van der Waals surface area (Å²) in [5, 5.41) is 0. The van der Waals surface area contributed by atoms with E-state index in [2.05, 4.69) is 5.48 Å². The van der Waals surface area contributed by atoms with Gasteiger partial charge in [-0.2, -0.15) is 0 Å². The lowest BCUT2D eigenvalue weighted by Crippen LogP contribution is -2.33. The summed E-state index contributed by atoms with van der Waals surface area (Å²) in [7, 11) is 0. The Hall–Kier alpha value is -2.08. The Morgan fingerprint density at radius 3 is 2.45 bits per heavy atom. The number of aromatic nitrogens is 2. The van der Waals surface area contributed by atoms with E-state index in [4.69, 9.17) is 4.84 Å². The number of hydroxylamine groups is 1. The third-order valence-electron chi connectivity index (χ3n) is 3.00. The van der Waals surface area contributed by atoms with Crippen LogP contribution in [0.1, 0.15) is 20.3 Å². The Labute approximate surface area is 116 Å². The van der Waals surface area contributed by atoms with E-state index in [0.717, 1.165) is 17.5 Å². The molecule has 2 rings (SSSR count). The number of fused-ring (bicyclic) bond motifs is 1. The third-order valence-corrected chi connectivity index (χ3v) is 3.00. The van der Waals surface area contributed by atoms with Gasteiger partial charge in [0.05, 0.1) is 17.6 Å². The van der Waals surface area contributed by atoms with E-state index < -0.39 is 0 Å². The van der Waals surface area contributed by atoms with Gasteiger partial charge >= 0.3 is 5.69 Å². The zero-order valence-corrected chi connectivity index (χ0v) is 11.8. The Morgan fingerprint density at radius 1 is 1.20 bits per heavy atom. The van der Waals surface area contributed by atoms with Gasteiger partial charge in [0.15, 0.2) is 0 Å². The average molecular weight is 277 g/mol. The van der Waals surface area contributed by atoms with Crippen molar-refractivity contribution in [3.8, 4) is 0 Å². The van der Waals surface area contributed by atoms with Gasteiger partial charge < -0.3 is 0 Å². The van der Waals surface area contributed by atoms with Crippen molar-refractivity contribution >= 4 is 16.9 Å². The summed E-state index contributed by atoms with van der Waals surface area (Å²) in [6.07, 6.45) is 0.860. The molecule has 0 atom stereocenters. The van der Waals surface area contributed by atoms with Crippen molar-refractivity contribution < 1.29 is 9.63 Å². The predicted octanol–water partition coefficient (Wildman–Crippen LogP) is 1.28. The highest BCUT2D eigenvalue weighted by Gasteiger charge is 2.14. The molecule has 1 aromatic carbocycles. The van der Waals surface area contributed by atoms with Crippen molar-refractivity contribution in [2.75, 3.05) is 6.61 Å². The largest absolute Gasteiger partial charge is 0.329 e. The van der Waals surface area contributed by atoms with Gasteiger partial charge in [-0.05, 0) is 25.5 Å². The molecule has 0 fully saturated rings. The molecular weight excluding hydrogens is 258 g/mol. The number of benzene rings is 1. The van der Waals surface area contributed by atoms with Crippen LogP contribution in [-0.2, 0) is 22.7 Å². The smallest absolute Gasteiger partial charge is 0.292 e. The van der Waals surface area contributed by atoms with E-state index in [0.29, 0.717) is 13.2 Å². The number of carbonyl (C=O) groups excluding carboxylic acids is 1. The van der Waals surface area contributed by atoms with Crippen LogP contribution in [0.15, 0.2) is 29.1 Å². The van der Waals surface area contributed by atoms with Crippen molar-refractivity contribution in [3.05, 3.63) is 34.7 Å². The predicted molar refractivity (Wildman–Crippen MR) is 76.3 cm³/mol. The Morgan fingerprint density at radius 2 is 1.85 bits per heavy atom. The van der Waals surface area contributed by atoms with Crippen molar-refractivity contribution in [1.29, 1.82) is 0 Å². The van der Waals surface area contributed by atoms with Crippen LogP contribution >= 0.6 is 0 Å². The molecule has 0 aliphatic rings. The minimum atomic E-state index is -0.339. The number of para-hydroxylation sites is 2. The summed E-state index contributed by atoms with van der Waals surface area (Å²) in [4.78, 5) is 29.0. The molecular formula is C14H19N3O3. The first-order valence-electron chi connectivity index (χ1n) is 6.77. The minimum absolute atomic E-state index is 0.0456. The molecule has 1 N–H and O–H groups in total. The fourth-order valence-electron chi connectivity index (χ4n) is 2.19. The molecule has 0 radical (unpaired) electrons. The molecule has 6 nitrogen and oxygen atoms in total. The standard InChI is InChI=1S/C14H19N3O3/c1-3-9-16-11-7-5-6-8-12(11)17(14(16)19)10-13(18)15-20-4-2/h5-8H,3-4,9-10H2,1-2H3,(H,15,18). The number of carbonyl (C=O) groups is 1. The number of hydrogen-bond acceptors (Lipinski definition) is 3. The maximum Gasteiger partial charge on any atom is 0.329 e. The van der Waals surface area contributed by atoms with E-state index in [9.17, 15) is 9.59 Å². The molecule has 0 unspecified atom stereocenters. The van der Waals surface area contributed by atoms with Crippen LogP contribution in [-0.4, -0.2) is 21.6 Å². The highest BCUT2D eigenvalue weighted by Crippen LogP contribution is 2.12. The van der Waals surface area contributed by atoms with E-state index in [1.165, 1.54) is 4.57 Å². The Kier molecular flexibility index (Phi) is 4.57. The van der Waals surface area contributed by atoms with Crippen LogP contribution in [0.2, 0.25) is 0 Å². The van der Waals surface area contributed by atoms with Gasteiger partial charge in [0.2, 0.25) is 0 Å². The number of amides is 1. The first-order chi connectivity index (χ1) is 9.69. The summed E-state index contributed by atoms with van der Waals surface area (Å²) < 4.78 is 3.17. The lowest BCUT2D eigenvalue weighted by Gasteiger charge is -2.04. The number of rotatable bonds is 6. The van der Waals surface area contributed by atoms with E-state index >= 15 is 0 Å². The van der Waals surface area contributed by atoms with Gasteiger partial charge in [0, 0.05) is 6.54 Å². The zero-order valence-electron chi connectivity index (χ0n) is 11.8. The van der Waals surface area contributed by atoms with Gasteiger partial charge in [0.1, 0.15) is 6.54 Å². The molecule has 0 saturated carbocycles. The summed E-state index contributed by atoms with van der Waals surface area (Å²) in [5.41, 5.74) is 3.75. The van der Waals surface area contributed by atoms with Crippen molar-refractivity contribution in [1.82, 2.24) is 14.6 Å². The lowest BCUT2D eigenvalue weighted by molar-refractivity contribution is -0.133. The number of nitrogens with one attached hydrogen (secondary N) is 1. The van der Waals surface area contributed by atoms with E-state index in [1.807, 2.05) is 31.2 Å². The van der Waals surface area contributed by atoms with Gasteiger partial charge in [-0.3, -0.25) is 18.8 Å². The van der Waals surface area contributed by atoms with Crippen LogP contribution in [0, 0.1) is 0 Å². The van der Waals surface area contributed by atoms with E-state index in [-0.39, 0.29) is 18.1 Å². The molecule has 0 aliphatic carbocycles. The van der Waals surface area contributed by atoms with Crippen LogP contribution in [0.4, 0.5) is 0 Å². The maximum atomic E-state index is 12.4. The molecule has 1 aromatic heterocycles. The van der Waals surface area contributed by atoms with Crippen molar-refractivity contribution in [2.45, 2.75) is 33.4 Å². The topological polar surface area (TPSA) is 65.3 Å². The van der Waals surface area contributed by atoms with Crippen LogP contribution in [0.5, 0.6) is 0 Å². The van der Waals surface area contributed by atoms with Crippen LogP contribution in [0.3, 0.4) is 0 Å². The molecule has 1 amide bonds. The van der Waals surface area contributed by atoms with Gasteiger partial charge in [0.25, 0.3) is 5.91 Å². The second-order valence-corrected chi connectivity index (χ2v) is 4.47. The molecule has 0 spiro atoms. The van der Waals surface area contributed by atoms with Gasteiger partial charge in [-0.25, -0.2) is 10.3 Å². The summed E-state index contributed by atoms with van der Waals surface area (Å²) in [6, 6.07) is 7.48. The monoisotopic (exact) mass is 277 g/mol. The molecule has 1 heterocycles. The Bertz CT molecular complexity index is 657. The number of hydrogen-bond donors (Lipinski definition) is 1. The molecule has 0 bridgehead atoms. The number of imidazole rings is 1. The minimum Gasteiger partial charge on any atom is -0.292 e. The maximum absolute atomic E-state index is 12.4. The van der Waals surface area contributed by atoms with Crippen LogP contribution < -0.4 is 11.2 Å². The second kappa shape index (κ2) is 6.38. The molecule has 6 heteroatoms. The molecule has 0 aliphatic heterocycles. The third kappa shape index (κ3) is 2.75. The summed E-state index contributed by atoms with van der Waals surface area (Å²) in [5.74, 6) is -0.339. The van der Waals surface area contributed by atoms with Crippen molar-refractivity contribution in [2.24, 2.45) is 0 Å². The fraction of sp³-hybridized carbons (Fsp3) is 0.429. The highest BCUT2D eigenvalue weighted by atomic mass is 16.6. The highest BCUT2D eigenvalue weighted by molar-refractivity contribution is 5.80. The molecule has 0 saturated heterocycles. The average Bonchev–Trinajstić information content (AvgIpc) is 2.71. The molecule has 2 aromatic rings. The van der Waals surface area contributed by atoms with Crippen LogP contribution in [0.25, 0.3) is 11.0 Å². The fourth-order valence-corrected chi connectivity index (χ4v) is 2.19. The molecule has 20 heavy (non-hydrogen) atoms. The normalized spacial score (nSPS) is 10.9.